The first-order valence-corrected chi connectivity index (χ1v) is 9.43. The Morgan fingerprint density at radius 1 is 1.29 bits per heavy atom. The van der Waals surface area contributed by atoms with Crippen molar-refractivity contribution in [1.29, 1.82) is 5.26 Å². The van der Waals surface area contributed by atoms with Crippen LogP contribution in [0.4, 0.5) is 19.1 Å². The van der Waals surface area contributed by atoms with Crippen molar-refractivity contribution >= 4 is 34.8 Å². The first-order valence-electron chi connectivity index (χ1n) is 8.35. The number of hydrogen-bond acceptors (Lipinski definition) is 7. The van der Waals surface area contributed by atoms with Crippen molar-refractivity contribution < 1.29 is 23.0 Å². The van der Waals surface area contributed by atoms with E-state index < -0.39 is 17.7 Å². The SMILES string of the molecule is N#Cc1c(-c2ccccc2)nc(NN=Cc2cc(OC(F)(F)F)cc(I)c2O)[nH]c1=O. The van der Waals surface area contributed by atoms with Crippen molar-refractivity contribution in [2.24, 2.45) is 5.10 Å². The normalized spacial score (nSPS) is 11.3. The second-order valence-corrected chi connectivity index (χ2v) is 7.04. The molecule has 3 N–H and O–H groups in total. The molecule has 8 nitrogen and oxygen atoms in total. The molecule has 158 valence electrons. The van der Waals surface area contributed by atoms with E-state index in [1.807, 2.05) is 0 Å². The average molecular weight is 541 g/mol. The van der Waals surface area contributed by atoms with Crippen LogP contribution in [-0.2, 0) is 0 Å². The zero-order valence-electron chi connectivity index (χ0n) is 15.2. The number of aromatic amines is 1. The number of hydrogen-bond donors (Lipinski definition) is 3. The van der Waals surface area contributed by atoms with Crippen molar-refractivity contribution in [2.45, 2.75) is 6.36 Å². The number of ether oxygens (including phenoxy) is 1. The Balaban J connectivity index is 1.91. The minimum atomic E-state index is -4.90. The Labute approximate surface area is 186 Å². The first kappa shape index (κ1) is 22.1. The van der Waals surface area contributed by atoms with E-state index in [0.717, 1.165) is 18.3 Å². The van der Waals surface area contributed by atoms with E-state index in [1.165, 1.54) is 0 Å². The highest BCUT2D eigenvalue weighted by molar-refractivity contribution is 14.1. The lowest BCUT2D eigenvalue weighted by molar-refractivity contribution is -0.274. The molecule has 2 aromatic carbocycles. The molecule has 12 heteroatoms. The van der Waals surface area contributed by atoms with Gasteiger partial charge in [-0.15, -0.1) is 13.2 Å². The molecule has 0 saturated heterocycles. The number of alkyl halides is 3. The maximum Gasteiger partial charge on any atom is 0.573 e. The lowest BCUT2D eigenvalue weighted by Gasteiger charge is -2.11. The maximum absolute atomic E-state index is 12.5. The molecule has 0 bridgehead atoms. The lowest BCUT2D eigenvalue weighted by atomic mass is 10.1. The number of H-pyrrole nitrogens is 1. The van der Waals surface area contributed by atoms with Crippen LogP contribution < -0.4 is 15.7 Å². The third-order valence-corrected chi connectivity index (χ3v) is 4.57. The van der Waals surface area contributed by atoms with Gasteiger partial charge in [0.05, 0.1) is 15.5 Å². The molecule has 0 fully saturated rings. The highest BCUT2D eigenvalue weighted by Gasteiger charge is 2.31. The van der Waals surface area contributed by atoms with E-state index in [0.29, 0.717) is 5.56 Å². The van der Waals surface area contributed by atoms with Gasteiger partial charge in [0.1, 0.15) is 23.1 Å². The molecular formula is C19H11F3IN5O3. The summed E-state index contributed by atoms with van der Waals surface area (Å²) < 4.78 is 41.3. The number of hydrazone groups is 1. The van der Waals surface area contributed by atoms with E-state index in [4.69, 9.17) is 0 Å². The second kappa shape index (κ2) is 9.04. The van der Waals surface area contributed by atoms with Crippen LogP contribution in [0.5, 0.6) is 11.5 Å². The van der Waals surface area contributed by atoms with Crippen molar-refractivity contribution in [3.8, 4) is 28.8 Å². The molecule has 1 heterocycles. The van der Waals surface area contributed by atoms with Gasteiger partial charge in [-0.2, -0.15) is 10.4 Å². The molecule has 31 heavy (non-hydrogen) atoms. The number of benzene rings is 2. The Bertz CT molecular complexity index is 1240. The standard InChI is InChI=1S/C19H11F3IN5O3/c20-19(21,22)31-12-6-11(16(29)14(23)7-12)9-25-28-18-26-15(10-4-2-1-3-5-10)13(8-24)17(30)27-18/h1-7,9,29H,(H2,26,27,28,30). The van der Waals surface area contributed by atoms with Crippen molar-refractivity contribution in [2.75, 3.05) is 5.43 Å². The van der Waals surface area contributed by atoms with E-state index in [9.17, 15) is 28.3 Å². The van der Waals surface area contributed by atoms with E-state index in [2.05, 4.69) is 25.2 Å². The summed E-state index contributed by atoms with van der Waals surface area (Å²) in [5.74, 6) is -0.963. The predicted octanol–water partition coefficient (Wildman–Crippen LogP) is 3.96. The molecule has 3 rings (SSSR count). The van der Waals surface area contributed by atoms with Gasteiger partial charge in [0.25, 0.3) is 5.56 Å². The fourth-order valence-electron chi connectivity index (χ4n) is 2.48. The quantitative estimate of drug-likeness (QED) is 0.255. The minimum absolute atomic E-state index is 0.0714. The smallest absolute Gasteiger partial charge is 0.506 e. The molecule has 0 radical (unpaired) electrons. The summed E-state index contributed by atoms with van der Waals surface area (Å²) in [6.07, 6.45) is -3.87. The largest absolute Gasteiger partial charge is 0.573 e. The lowest BCUT2D eigenvalue weighted by Crippen LogP contribution is -2.17. The third-order valence-electron chi connectivity index (χ3n) is 3.75. The Morgan fingerprint density at radius 3 is 2.65 bits per heavy atom. The molecule has 0 unspecified atom stereocenters. The summed E-state index contributed by atoms with van der Waals surface area (Å²) >= 11 is 1.64. The van der Waals surface area contributed by atoms with Crippen LogP contribution in [0, 0.1) is 14.9 Å². The zero-order valence-corrected chi connectivity index (χ0v) is 17.4. The van der Waals surface area contributed by atoms with Gasteiger partial charge in [-0.3, -0.25) is 9.78 Å². The zero-order chi connectivity index (χ0) is 22.6. The van der Waals surface area contributed by atoms with Gasteiger partial charge in [-0.1, -0.05) is 30.3 Å². The molecule has 0 spiro atoms. The highest BCUT2D eigenvalue weighted by atomic mass is 127. The molecule has 1 aromatic heterocycles. The van der Waals surface area contributed by atoms with Crippen LogP contribution in [0.1, 0.15) is 11.1 Å². The number of halogens is 4. The predicted molar refractivity (Wildman–Crippen MR) is 114 cm³/mol. The van der Waals surface area contributed by atoms with Crippen LogP contribution in [0.3, 0.4) is 0 Å². The number of rotatable bonds is 5. The fourth-order valence-corrected chi connectivity index (χ4v) is 3.10. The topological polar surface area (TPSA) is 123 Å². The Morgan fingerprint density at radius 2 is 2.00 bits per heavy atom. The van der Waals surface area contributed by atoms with Gasteiger partial charge in [0.2, 0.25) is 5.95 Å². The van der Waals surface area contributed by atoms with E-state index in [-0.39, 0.29) is 32.1 Å². The third kappa shape index (κ3) is 5.51. The number of aromatic hydroxyl groups is 1. The van der Waals surface area contributed by atoms with Crippen LogP contribution >= 0.6 is 22.6 Å². The summed E-state index contributed by atoms with van der Waals surface area (Å²) in [7, 11) is 0. The number of phenols is 1. The van der Waals surface area contributed by atoms with Crippen LogP contribution in [0.15, 0.2) is 52.4 Å². The van der Waals surface area contributed by atoms with Crippen molar-refractivity contribution in [3.05, 3.63) is 67.5 Å². The van der Waals surface area contributed by atoms with Gasteiger partial charge in [-0.25, -0.2) is 10.4 Å². The van der Waals surface area contributed by atoms with Crippen LogP contribution in [-0.4, -0.2) is 27.7 Å². The molecule has 0 aliphatic rings. The van der Waals surface area contributed by atoms with E-state index in [1.54, 1.807) is 59.0 Å². The number of nitriles is 1. The van der Waals surface area contributed by atoms with Crippen LogP contribution in [0.25, 0.3) is 11.3 Å². The van der Waals surface area contributed by atoms with Crippen molar-refractivity contribution in [3.63, 3.8) is 0 Å². The number of anilines is 1. The van der Waals surface area contributed by atoms with Crippen molar-refractivity contribution in [1.82, 2.24) is 9.97 Å². The Kier molecular flexibility index (Phi) is 6.44. The van der Waals surface area contributed by atoms with Gasteiger partial charge in [-0.05, 0) is 34.7 Å². The number of phenolic OH excluding ortho intramolecular Hbond substituents is 1. The van der Waals surface area contributed by atoms with Gasteiger partial charge < -0.3 is 9.84 Å². The molecule has 0 amide bonds. The van der Waals surface area contributed by atoms with E-state index >= 15 is 0 Å². The fraction of sp³-hybridized carbons (Fsp3) is 0.0526. The maximum atomic E-state index is 12.5. The number of aromatic nitrogens is 2. The molecule has 0 aliphatic heterocycles. The molecule has 0 atom stereocenters. The van der Waals surface area contributed by atoms with Gasteiger partial charge in [0, 0.05) is 11.1 Å². The summed E-state index contributed by atoms with van der Waals surface area (Å²) in [5, 5.41) is 23.1. The second-order valence-electron chi connectivity index (χ2n) is 5.88. The average Bonchev–Trinajstić information content (AvgIpc) is 2.70. The summed E-state index contributed by atoms with van der Waals surface area (Å²) in [5.41, 5.74) is 2.12. The molecule has 0 saturated carbocycles. The molecule has 0 aliphatic carbocycles. The summed E-state index contributed by atoms with van der Waals surface area (Å²) in [4.78, 5) is 18.7. The minimum Gasteiger partial charge on any atom is -0.506 e. The first-order chi connectivity index (χ1) is 14.7. The molecular weight excluding hydrogens is 530 g/mol. The summed E-state index contributed by atoms with van der Waals surface area (Å²) in [6, 6.07) is 12.3. The number of nitrogens with zero attached hydrogens (tertiary/aromatic N) is 3. The number of nitrogens with one attached hydrogen (secondary N) is 2. The van der Waals surface area contributed by atoms with Gasteiger partial charge in [0.15, 0.2) is 0 Å². The monoisotopic (exact) mass is 541 g/mol. The highest BCUT2D eigenvalue weighted by Crippen LogP contribution is 2.31. The van der Waals surface area contributed by atoms with Gasteiger partial charge >= 0.3 is 6.36 Å². The van der Waals surface area contributed by atoms with Crippen LogP contribution in [0.2, 0.25) is 0 Å². The molecule has 3 aromatic rings. The Hall–Kier alpha value is -3.60. The summed E-state index contributed by atoms with van der Waals surface area (Å²) in [6.45, 7) is 0.